The summed E-state index contributed by atoms with van der Waals surface area (Å²) in [5.41, 5.74) is 9.95. The summed E-state index contributed by atoms with van der Waals surface area (Å²) >= 11 is 0. The highest BCUT2D eigenvalue weighted by molar-refractivity contribution is 5.60. The van der Waals surface area contributed by atoms with Crippen molar-refractivity contribution in [2.24, 2.45) is 5.73 Å². The third-order valence-electron chi connectivity index (χ3n) is 4.13. The van der Waals surface area contributed by atoms with Crippen LogP contribution in [0.15, 0.2) is 54.6 Å². The molecule has 2 nitrogen and oxygen atoms in total. The van der Waals surface area contributed by atoms with Crippen LogP contribution in [-0.2, 0) is 6.54 Å². The number of anilines is 1. The van der Waals surface area contributed by atoms with Gasteiger partial charge in [-0.05, 0) is 36.6 Å². The van der Waals surface area contributed by atoms with E-state index >= 15 is 0 Å². The minimum Gasteiger partial charge on any atom is -0.366 e. The third-order valence-corrected chi connectivity index (χ3v) is 4.13. The molecule has 1 heterocycles. The van der Waals surface area contributed by atoms with Crippen LogP contribution in [0.2, 0.25) is 0 Å². The molecule has 1 atom stereocenters. The van der Waals surface area contributed by atoms with Crippen LogP contribution in [0.3, 0.4) is 0 Å². The Kier molecular flexibility index (Phi) is 4.03. The monoisotopic (exact) mass is 266 g/mol. The molecule has 1 unspecified atom stereocenters. The third kappa shape index (κ3) is 2.70. The second-order valence-corrected chi connectivity index (χ2v) is 5.55. The molecular formula is C18H22N2. The van der Waals surface area contributed by atoms with Crippen molar-refractivity contribution in [1.82, 2.24) is 0 Å². The van der Waals surface area contributed by atoms with Crippen molar-refractivity contribution >= 4 is 5.69 Å². The van der Waals surface area contributed by atoms with Crippen LogP contribution < -0.4 is 10.6 Å². The first-order valence-corrected chi connectivity index (χ1v) is 7.46. The van der Waals surface area contributed by atoms with E-state index in [2.05, 4.69) is 59.5 Å². The molecule has 3 rings (SSSR count). The van der Waals surface area contributed by atoms with E-state index in [1.165, 1.54) is 23.2 Å². The van der Waals surface area contributed by atoms with E-state index in [0.717, 1.165) is 26.1 Å². The van der Waals surface area contributed by atoms with Crippen molar-refractivity contribution in [3.8, 4) is 0 Å². The summed E-state index contributed by atoms with van der Waals surface area (Å²) in [6.45, 7) is 2.91. The Morgan fingerprint density at radius 3 is 2.55 bits per heavy atom. The van der Waals surface area contributed by atoms with Gasteiger partial charge >= 0.3 is 0 Å². The standard InChI is InChI=1S/C18H22N2/c19-12-6-9-16-14-20(13-15-7-2-1-3-8-15)18-11-5-4-10-17(16)18/h1-5,7-8,10-11,16H,6,9,12-14,19H2. The fraction of sp³-hybridized carbons (Fsp3) is 0.333. The summed E-state index contributed by atoms with van der Waals surface area (Å²) in [4.78, 5) is 2.51. The molecular weight excluding hydrogens is 244 g/mol. The summed E-state index contributed by atoms with van der Waals surface area (Å²) in [5, 5.41) is 0. The normalized spacial score (nSPS) is 17.2. The molecule has 0 aliphatic carbocycles. The SMILES string of the molecule is NCCCC1CN(Cc2ccccc2)c2ccccc21. The minimum absolute atomic E-state index is 0.637. The summed E-state index contributed by atoms with van der Waals surface area (Å²) in [5.74, 6) is 0.637. The van der Waals surface area contributed by atoms with E-state index in [-0.39, 0.29) is 0 Å². The molecule has 0 spiro atoms. The first-order chi connectivity index (χ1) is 9.88. The molecule has 2 aromatic rings. The molecule has 1 aliphatic heterocycles. The Hall–Kier alpha value is -1.80. The summed E-state index contributed by atoms with van der Waals surface area (Å²) in [6, 6.07) is 19.5. The first-order valence-electron chi connectivity index (χ1n) is 7.46. The summed E-state index contributed by atoms with van der Waals surface area (Å²) < 4.78 is 0. The summed E-state index contributed by atoms with van der Waals surface area (Å²) in [6.07, 6.45) is 2.30. The molecule has 2 N–H and O–H groups in total. The molecule has 0 saturated carbocycles. The molecule has 0 aromatic heterocycles. The smallest absolute Gasteiger partial charge is 0.0429 e. The Morgan fingerprint density at radius 1 is 1.00 bits per heavy atom. The van der Waals surface area contributed by atoms with Crippen LogP contribution in [0, 0.1) is 0 Å². The average molecular weight is 266 g/mol. The second kappa shape index (κ2) is 6.10. The van der Waals surface area contributed by atoms with Gasteiger partial charge in [-0.3, -0.25) is 0 Å². The number of para-hydroxylation sites is 1. The van der Waals surface area contributed by atoms with Gasteiger partial charge in [-0.2, -0.15) is 0 Å². The van der Waals surface area contributed by atoms with E-state index in [1.807, 2.05) is 0 Å². The zero-order valence-electron chi connectivity index (χ0n) is 11.8. The molecule has 1 aliphatic rings. The van der Waals surface area contributed by atoms with Gasteiger partial charge in [0.15, 0.2) is 0 Å². The quantitative estimate of drug-likeness (QED) is 0.897. The Morgan fingerprint density at radius 2 is 1.75 bits per heavy atom. The van der Waals surface area contributed by atoms with Crippen LogP contribution in [0.1, 0.15) is 29.9 Å². The molecule has 104 valence electrons. The Bertz CT molecular complexity index is 550. The lowest BCUT2D eigenvalue weighted by Gasteiger charge is -2.20. The number of nitrogens with zero attached hydrogens (tertiary/aromatic N) is 1. The predicted molar refractivity (Wildman–Crippen MR) is 85.0 cm³/mol. The Balaban J connectivity index is 1.80. The maximum absolute atomic E-state index is 5.67. The van der Waals surface area contributed by atoms with E-state index in [4.69, 9.17) is 5.73 Å². The predicted octanol–water partition coefficient (Wildman–Crippen LogP) is 3.53. The van der Waals surface area contributed by atoms with Gasteiger partial charge in [-0.1, -0.05) is 48.5 Å². The lowest BCUT2D eigenvalue weighted by atomic mass is 9.96. The van der Waals surface area contributed by atoms with Crippen molar-refractivity contribution in [3.05, 3.63) is 65.7 Å². The number of fused-ring (bicyclic) bond motifs is 1. The van der Waals surface area contributed by atoms with Gasteiger partial charge in [-0.15, -0.1) is 0 Å². The first kappa shape index (κ1) is 13.2. The molecule has 2 heteroatoms. The molecule has 2 aromatic carbocycles. The molecule has 0 amide bonds. The number of hydrogen-bond donors (Lipinski definition) is 1. The maximum Gasteiger partial charge on any atom is 0.0429 e. The van der Waals surface area contributed by atoms with Crippen molar-refractivity contribution in [2.45, 2.75) is 25.3 Å². The van der Waals surface area contributed by atoms with Crippen molar-refractivity contribution in [2.75, 3.05) is 18.0 Å². The molecule has 20 heavy (non-hydrogen) atoms. The molecule has 0 fully saturated rings. The highest BCUT2D eigenvalue weighted by atomic mass is 15.2. The van der Waals surface area contributed by atoms with Crippen LogP contribution in [0.5, 0.6) is 0 Å². The van der Waals surface area contributed by atoms with E-state index in [9.17, 15) is 0 Å². The van der Waals surface area contributed by atoms with Gasteiger partial charge in [0, 0.05) is 24.7 Å². The average Bonchev–Trinajstić information content (AvgIpc) is 2.85. The minimum atomic E-state index is 0.637. The highest BCUT2D eigenvalue weighted by Crippen LogP contribution is 2.39. The summed E-state index contributed by atoms with van der Waals surface area (Å²) in [7, 11) is 0. The van der Waals surface area contributed by atoms with E-state index < -0.39 is 0 Å². The van der Waals surface area contributed by atoms with Gasteiger partial charge in [0.2, 0.25) is 0 Å². The second-order valence-electron chi connectivity index (χ2n) is 5.55. The maximum atomic E-state index is 5.67. The molecule has 0 radical (unpaired) electrons. The molecule has 0 bridgehead atoms. The zero-order valence-corrected chi connectivity index (χ0v) is 11.8. The van der Waals surface area contributed by atoms with E-state index in [0.29, 0.717) is 5.92 Å². The Labute approximate surface area is 121 Å². The van der Waals surface area contributed by atoms with Crippen LogP contribution in [0.25, 0.3) is 0 Å². The fourth-order valence-electron chi connectivity index (χ4n) is 3.15. The zero-order chi connectivity index (χ0) is 13.8. The molecule has 0 saturated heterocycles. The van der Waals surface area contributed by atoms with Crippen molar-refractivity contribution in [1.29, 1.82) is 0 Å². The largest absolute Gasteiger partial charge is 0.366 e. The van der Waals surface area contributed by atoms with Gasteiger partial charge in [0.05, 0.1) is 0 Å². The number of hydrogen-bond acceptors (Lipinski definition) is 2. The number of benzene rings is 2. The number of nitrogens with two attached hydrogens (primary N) is 1. The van der Waals surface area contributed by atoms with Gasteiger partial charge in [-0.25, -0.2) is 0 Å². The van der Waals surface area contributed by atoms with Gasteiger partial charge in [0.25, 0.3) is 0 Å². The van der Waals surface area contributed by atoms with Crippen molar-refractivity contribution < 1.29 is 0 Å². The number of rotatable bonds is 5. The van der Waals surface area contributed by atoms with E-state index in [1.54, 1.807) is 0 Å². The van der Waals surface area contributed by atoms with Crippen LogP contribution in [-0.4, -0.2) is 13.1 Å². The highest BCUT2D eigenvalue weighted by Gasteiger charge is 2.27. The topological polar surface area (TPSA) is 29.3 Å². The lowest BCUT2D eigenvalue weighted by molar-refractivity contribution is 0.609. The van der Waals surface area contributed by atoms with Crippen LogP contribution in [0.4, 0.5) is 5.69 Å². The lowest BCUT2D eigenvalue weighted by Crippen LogP contribution is -2.21. The van der Waals surface area contributed by atoms with Gasteiger partial charge < -0.3 is 10.6 Å². The van der Waals surface area contributed by atoms with Crippen LogP contribution >= 0.6 is 0 Å². The fourth-order valence-corrected chi connectivity index (χ4v) is 3.15. The van der Waals surface area contributed by atoms with Gasteiger partial charge in [0.1, 0.15) is 0 Å². The van der Waals surface area contributed by atoms with Crippen molar-refractivity contribution in [3.63, 3.8) is 0 Å².